The van der Waals surface area contributed by atoms with Gasteiger partial charge in [-0.15, -0.1) is 0 Å². The minimum Gasteiger partial charge on any atom is -0.493 e. The van der Waals surface area contributed by atoms with Crippen LogP contribution in [-0.2, 0) is 26.0 Å². The second-order valence-electron chi connectivity index (χ2n) is 10.4. The number of benzene rings is 1. The van der Waals surface area contributed by atoms with Gasteiger partial charge in [-0.3, -0.25) is 4.84 Å². The van der Waals surface area contributed by atoms with Crippen LogP contribution >= 0.6 is 0 Å². The summed E-state index contributed by atoms with van der Waals surface area (Å²) in [5.74, 6) is 1.53. The molecule has 0 saturated carbocycles. The Morgan fingerprint density at radius 1 is 1.13 bits per heavy atom. The van der Waals surface area contributed by atoms with Crippen LogP contribution in [0.15, 0.2) is 24.3 Å². The van der Waals surface area contributed by atoms with E-state index in [2.05, 4.69) is 52.1 Å². The standard InChI is InChI=1S/C24H37NO5Si/c1-23(2,3)31(8,9)30-18-12-13-24(28-7)19-15(10-11-17(26-5)21(19)27-6)14-16-20(24)22(18)29-25(16)4/h10-13,16,18,20,22H,14H2,1-9H3/t16-,18-,20-,22-,24+/m1/s1. The highest BCUT2D eigenvalue weighted by molar-refractivity contribution is 6.74. The number of hydroxylamine groups is 2. The van der Waals surface area contributed by atoms with Crippen molar-refractivity contribution in [1.29, 1.82) is 0 Å². The molecule has 1 fully saturated rings. The number of rotatable bonds is 5. The summed E-state index contributed by atoms with van der Waals surface area (Å²) in [7, 11) is 5.18. The van der Waals surface area contributed by atoms with Crippen molar-refractivity contribution >= 4 is 8.32 Å². The Labute approximate surface area is 187 Å². The summed E-state index contributed by atoms with van der Waals surface area (Å²) in [6.07, 6.45) is 4.95. The molecule has 7 heteroatoms. The lowest BCUT2D eigenvalue weighted by atomic mass is 9.63. The van der Waals surface area contributed by atoms with Gasteiger partial charge in [0.2, 0.25) is 0 Å². The van der Waals surface area contributed by atoms with Crippen LogP contribution in [0.25, 0.3) is 0 Å². The predicted octanol–water partition coefficient (Wildman–Crippen LogP) is 4.29. The van der Waals surface area contributed by atoms with E-state index >= 15 is 0 Å². The molecule has 1 heterocycles. The van der Waals surface area contributed by atoms with Crippen molar-refractivity contribution in [3.8, 4) is 11.5 Å². The van der Waals surface area contributed by atoms with Crippen molar-refractivity contribution in [1.82, 2.24) is 5.06 Å². The molecule has 172 valence electrons. The van der Waals surface area contributed by atoms with Gasteiger partial charge in [0, 0.05) is 31.7 Å². The Morgan fingerprint density at radius 3 is 2.42 bits per heavy atom. The van der Waals surface area contributed by atoms with E-state index in [0.29, 0.717) is 5.75 Å². The van der Waals surface area contributed by atoms with Gasteiger partial charge in [0.05, 0.1) is 20.3 Å². The second-order valence-corrected chi connectivity index (χ2v) is 15.2. The second kappa shape index (κ2) is 7.59. The summed E-state index contributed by atoms with van der Waals surface area (Å²) in [5.41, 5.74) is 1.58. The van der Waals surface area contributed by atoms with Crippen LogP contribution in [-0.4, -0.2) is 60.0 Å². The third kappa shape index (κ3) is 3.28. The number of hydrogen-bond donors (Lipinski definition) is 0. The smallest absolute Gasteiger partial charge is 0.193 e. The van der Waals surface area contributed by atoms with E-state index in [4.69, 9.17) is 23.5 Å². The first kappa shape index (κ1) is 22.8. The minimum atomic E-state index is -1.98. The monoisotopic (exact) mass is 447 g/mol. The van der Waals surface area contributed by atoms with Crippen LogP contribution in [0.5, 0.6) is 11.5 Å². The lowest BCUT2D eigenvalue weighted by Gasteiger charge is -2.50. The molecule has 5 atom stereocenters. The van der Waals surface area contributed by atoms with Crippen molar-refractivity contribution in [2.75, 3.05) is 28.4 Å². The summed E-state index contributed by atoms with van der Waals surface area (Å²) in [6.45, 7) is 11.4. The third-order valence-corrected chi connectivity index (χ3v) is 12.4. The van der Waals surface area contributed by atoms with Gasteiger partial charge in [-0.2, -0.15) is 5.06 Å². The summed E-state index contributed by atoms with van der Waals surface area (Å²) >= 11 is 0. The van der Waals surface area contributed by atoms with Crippen LogP contribution in [0.3, 0.4) is 0 Å². The SMILES string of the molecule is COc1ccc2c(c1OC)[C@@]1(OC)C=C[C@@H](O[Si](C)(C)C(C)(C)C)[C@H]3ON(C)[C@H](C2)[C@H]31. The van der Waals surface area contributed by atoms with Crippen LogP contribution in [0.4, 0.5) is 0 Å². The van der Waals surface area contributed by atoms with Gasteiger partial charge in [-0.1, -0.05) is 32.9 Å². The van der Waals surface area contributed by atoms with Gasteiger partial charge in [0.1, 0.15) is 11.7 Å². The quantitative estimate of drug-likeness (QED) is 0.496. The van der Waals surface area contributed by atoms with Crippen LogP contribution in [0, 0.1) is 5.92 Å². The predicted molar refractivity (Wildman–Crippen MR) is 123 cm³/mol. The molecule has 0 bridgehead atoms. The molecule has 0 unspecified atom stereocenters. The summed E-state index contributed by atoms with van der Waals surface area (Å²) < 4.78 is 24.7. The first-order valence-electron chi connectivity index (χ1n) is 11.1. The molecule has 4 rings (SSSR count). The molecule has 1 aromatic rings. The fourth-order valence-electron chi connectivity index (χ4n) is 5.26. The van der Waals surface area contributed by atoms with E-state index in [0.717, 1.165) is 17.7 Å². The average Bonchev–Trinajstić information content (AvgIpc) is 3.05. The maximum absolute atomic E-state index is 6.84. The zero-order valence-electron chi connectivity index (χ0n) is 20.3. The first-order chi connectivity index (χ1) is 14.5. The van der Waals surface area contributed by atoms with E-state index in [1.54, 1.807) is 21.3 Å². The van der Waals surface area contributed by atoms with Gasteiger partial charge in [-0.25, -0.2) is 0 Å². The van der Waals surface area contributed by atoms with E-state index in [1.807, 2.05) is 18.2 Å². The van der Waals surface area contributed by atoms with Crippen molar-refractivity contribution in [3.63, 3.8) is 0 Å². The zero-order valence-corrected chi connectivity index (χ0v) is 21.3. The number of fused-ring (bicyclic) bond motifs is 2. The zero-order chi connectivity index (χ0) is 22.8. The summed E-state index contributed by atoms with van der Waals surface area (Å²) in [6, 6.07) is 4.29. The van der Waals surface area contributed by atoms with Crippen LogP contribution < -0.4 is 9.47 Å². The lowest BCUT2D eigenvalue weighted by molar-refractivity contribution is -0.167. The largest absolute Gasteiger partial charge is 0.493 e. The highest BCUT2D eigenvalue weighted by atomic mass is 28.4. The summed E-state index contributed by atoms with van der Waals surface area (Å²) in [4.78, 5) is 6.47. The van der Waals surface area contributed by atoms with Crippen molar-refractivity contribution in [3.05, 3.63) is 35.4 Å². The third-order valence-electron chi connectivity index (χ3n) is 7.90. The Hall–Kier alpha value is -1.38. The molecule has 0 amide bonds. The number of ether oxygens (including phenoxy) is 3. The molecule has 6 nitrogen and oxygen atoms in total. The molecule has 2 aliphatic carbocycles. The molecule has 1 aromatic carbocycles. The molecule has 3 aliphatic rings. The normalized spacial score (nSPS) is 32.5. The van der Waals surface area contributed by atoms with E-state index in [-0.39, 0.29) is 29.2 Å². The van der Waals surface area contributed by atoms with E-state index in [9.17, 15) is 0 Å². The molecular formula is C24H37NO5Si. The van der Waals surface area contributed by atoms with Crippen molar-refractivity contribution < 1.29 is 23.5 Å². The van der Waals surface area contributed by atoms with Crippen molar-refractivity contribution in [2.24, 2.45) is 5.92 Å². The Kier molecular flexibility index (Phi) is 5.58. The fourth-order valence-corrected chi connectivity index (χ4v) is 6.51. The van der Waals surface area contributed by atoms with Gasteiger partial charge in [0.25, 0.3) is 0 Å². The van der Waals surface area contributed by atoms with Crippen molar-refractivity contribution in [2.45, 2.75) is 69.2 Å². The lowest BCUT2D eigenvalue weighted by Crippen LogP contribution is -2.57. The molecule has 0 spiro atoms. The van der Waals surface area contributed by atoms with E-state index in [1.165, 1.54) is 5.56 Å². The van der Waals surface area contributed by atoms with E-state index < -0.39 is 13.9 Å². The first-order valence-corrected chi connectivity index (χ1v) is 14.0. The van der Waals surface area contributed by atoms with Gasteiger partial charge in [-0.05, 0) is 42.3 Å². The molecular weight excluding hydrogens is 410 g/mol. The average molecular weight is 448 g/mol. The Bertz CT molecular complexity index is 879. The highest BCUT2D eigenvalue weighted by Gasteiger charge is 2.62. The van der Waals surface area contributed by atoms with Gasteiger partial charge in [0.15, 0.2) is 19.8 Å². The van der Waals surface area contributed by atoms with Gasteiger partial charge >= 0.3 is 0 Å². The minimum absolute atomic E-state index is 0.0794. The highest BCUT2D eigenvalue weighted by Crippen LogP contribution is 2.57. The molecule has 0 radical (unpaired) electrons. The summed E-state index contributed by atoms with van der Waals surface area (Å²) in [5, 5.41) is 2.13. The topological polar surface area (TPSA) is 49.4 Å². The number of likely N-dealkylation sites (N-methyl/N-ethyl adjacent to an activating group) is 1. The fraction of sp³-hybridized carbons (Fsp3) is 0.667. The van der Waals surface area contributed by atoms with Gasteiger partial charge < -0.3 is 18.6 Å². The molecule has 31 heavy (non-hydrogen) atoms. The number of methoxy groups -OCH3 is 3. The molecule has 0 aromatic heterocycles. The number of hydrogen-bond acceptors (Lipinski definition) is 6. The Balaban J connectivity index is 1.86. The number of nitrogens with zero attached hydrogens (tertiary/aromatic N) is 1. The maximum Gasteiger partial charge on any atom is 0.193 e. The van der Waals surface area contributed by atoms with Crippen LogP contribution in [0.2, 0.25) is 18.1 Å². The Morgan fingerprint density at radius 2 is 1.84 bits per heavy atom. The van der Waals surface area contributed by atoms with Crippen LogP contribution in [0.1, 0.15) is 31.9 Å². The molecule has 1 saturated heterocycles. The molecule has 1 aliphatic heterocycles. The maximum atomic E-state index is 6.84. The molecule has 0 N–H and O–H groups in total.